The smallest absolute Gasteiger partial charge is 0.338 e. The maximum atomic E-state index is 11.9. The molecule has 0 N–H and O–H groups in total. The van der Waals surface area contributed by atoms with Gasteiger partial charge in [-0.2, -0.15) is 0 Å². The molecule has 1 atom stereocenters. The first kappa shape index (κ1) is 14.7. The highest BCUT2D eigenvalue weighted by molar-refractivity contribution is 5.89. The quantitative estimate of drug-likeness (QED) is 0.478. The van der Waals surface area contributed by atoms with Gasteiger partial charge in [-0.15, -0.1) is 0 Å². The first-order valence-electron chi connectivity index (χ1n) is 6.54. The van der Waals surface area contributed by atoms with Crippen LogP contribution in [0.4, 0.5) is 5.69 Å². The molecule has 0 aliphatic rings. The second-order valence-corrected chi connectivity index (χ2v) is 4.71. The van der Waals surface area contributed by atoms with Crippen molar-refractivity contribution in [1.82, 2.24) is 0 Å². The Kier molecular flexibility index (Phi) is 4.66. The number of esters is 1. The van der Waals surface area contributed by atoms with E-state index in [-0.39, 0.29) is 18.2 Å². The summed E-state index contributed by atoms with van der Waals surface area (Å²) in [5, 5.41) is 10.5. The van der Waals surface area contributed by atoms with Crippen LogP contribution in [-0.2, 0) is 4.74 Å². The van der Waals surface area contributed by atoms with E-state index in [1.807, 2.05) is 37.3 Å². The third kappa shape index (κ3) is 3.89. The van der Waals surface area contributed by atoms with Crippen LogP contribution in [0.5, 0.6) is 0 Å². The Morgan fingerprint density at radius 3 is 2.33 bits per heavy atom. The average Bonchev–Trinajstić information content (AvgIpc) is 2.53. The van der Waals surface area contributed by atoms with Crippen molar-refractivity contribution in [3.05, 3.63) is 75.8 Å². The van der Waals surface area contributed by atoms with Gasteiger partial charge in [0.15, 0.2) is 0 Å². The minimum absolute atomic E-state index is 0.0517. The zero-order valence-electron chi connectivity index (χ0n) is 11.6. The van der Waals surface area contributed by atoms with E-state index in [9.17, 15) is 14.9 Å². The van der Waals surface area contributed by atoms with E-state index in [2.05, 4.69) is 0 Å². The molecule has 5 nitrogen and oxygen atoms in total. The highest BCUT2D eigenvalue weighted by atomic mass is 16.6. The molecule has 2 aromatic rings. The summed E-state index contributed by atoms with van der Waals surface area (Å²) in [5.41, 5.74) is 1.35. The van der Waals surface area contributed by atoms with Crippen molar-refractivity contribution in [3.63, 3.8) is 0 Å². The summed E-state index contributed by atoms with van der Waals surface area (Å²) in [5.74, 6) is -0.388. The van der Waals surface area contributed by atoms with E-state index in [4.69, 9.17) is 4.74 Å². The summed E-state index contributed by atoms with van der Waals surface area (Å²) >= 11 is 0. The second-order valence-electron chi connectivity index (χ2n) is 4.71. The first-order chi connectivity index (χ1) is 10.1. The molecule has 2 aromatic carbocycles. The van der Waals surface area contributed by atoms with Gasteiger partial charge in [-0.1, -0.05) is 37.3 Å². The summed E-state index contributed by atoms with van der Waals surface area (Å²) in [4.78, 5) is 21.9. The lowest BCUT2D eigenvalue weighted by molar-refractivity contribution is -0.384. The average molecular weight is 285 g/mol. The minimum atomic E-state index is -0.507. The first-order valence-corrected chi connectivity index (χ1v) is 6.54. The largest absolute Gasteiger partial charge is 0.461 e. The lowest BCUT2D eigenvalue weighted by atomic mass is 10.0. The molecule has 0 spiro atoms. The number of rotatable bonds is 5. The van der Waals surface area contributed by atoms with Crippen LogP contribution in [0.3, 0.4) is 0 Å². The normalized spacial score (nSPS) is 11.7. The number of carbonyl (C=O) groups excluding carboxylic acids is 1. The van der Waals surface area contributed by atoms with Crippen molar-refractivity contribution in [2.24, 2.45) is 0 Å². The fraction of sp³-hybridized carbons (Fsp3) is 0.188. The predicted molar refractivity (Wildman–Crippen MR) is 78.2 cm³/mol. The van der Waals surface area contributed by atoms with Crippen molar-refractivity contribution in [3.8, 4) is 0 Å². The lowest BCUT2D eigenvalue weighted by Crippen LogP contribution is -2.11. The number of non-ortho nitro benzene ring substituents is 1. The summed E-state index contributed by atoms with van der Waals surface area (Å²) in [6, 6.07) is 15.1. The SMILES string of the molecule is C[C@@H](COC(=O)c1ccc([N+](=O)[O-])cc1)c1ccccc1. The van der Waals surface area contributed by atoms with Gasteiger partial charge in [-0.05, 0) is 17.7 Å². The number of hydrogen-bond acceptors (Lipinski definition) is 4. The highest BCUT2D eigenvalue weighted by Crippen LogP contribution is 2.16. The molecule has 0 aromatic heterocycles. The summed E-state index contributed by atoms with van der Waals surface area (Å²) in [7, 11) is 0. The topological polar surface area (TPSA) is 69.4 Å². The zero-order valence-corrected chi connectivity index (χ0v) is 11.6. The fourth-order valence-electron chi connectivity index (χ4n) is 1.88. The molecular weight excluding hydrogens is 270 g/mol. The van der Waals surface area contributed by atoms with Gasteiger partial charge in [0.25, 0.3) is 5.69 Å². The van der Waals surface area contributed by atoms with E-state index in [0.29, 0.717) is 5.56 Å². The van der Waals surface area contributed by atoms with Gasteiger partial charge in [0, 0.05) is 18.1 Å². The van der Waals surface area contributed by atoms with Crippen molar-refractivity contribution >= 4 is 11.7 Å². The third-order valence-electron chi connectivity index (χ3n) is 3.15. The summed E-state index contributed by atoms with van der Waals surface area (Å²) in [6.45, 7) is 2.23. The third-order valence-corrected chi connectivity index (χ3v) is 3.15. The van der Waals surface area contributed by atoms with Crippen LogP contribution in [-0.4, -0.2) is 17.5 Å². The van der Waals surface area contributed by atoms with Crippen LogP contribution in [0.1, 0.15) is 28.8 Å². The fourth-order valence-corrected chi connectivity index (χ4v) is 1.88. The molecule has 0 amide bonds. The molecule has 0 unspecified atom stereocenters. The Hall–Kier alpha value is -2.69. The number of nitro benzene ring substituents is 1. The lowest BCUT2D eigenvalue weighted by Gasteiger charge is -2.12. The van der Waals surface area contributed by atoms with Crippen molar-refractivity contribution in [1.29, 1.82) is 0 Å². The van der Waals surface area contributed by atoms with Crippen LogP contribution >= 0.6 is 0 Å². The van der Waals surface area contributed by atoms with Crippen molar-refractivity contribution in [2.75, 3.05) is 6.61 Å². The Bertz CT molecular complexity index is 622. The van der Waals surface area contributed by atoms with Crippen LogP contribution < -0.4 is 0 Å². The number of benzene rings is 2. The predicted octanol–water partition coefficient (Wildman–Crippen LogP) is 3.56. The molecule has 2 rings (SSSR count). The molecule has 108 valence electrons. The molecule has 0 radical (unpaired) electrons. The van der Waals surface area contributed by atoms with E-state index in [1.165, 1.54) is 24.3 Å². The minimum Gasteiger partial charge on any atom is -0.461 e. The molecule has 21 heavy (non-hydrogen) atoms. The van der Waals surface area contributed by atoms with E-state index in [1.54, 1.807) is 0 Å². The summed E-state index contributed by atoms with van der Waals surface area (Å²) < 4.78 is 5.24. The molecule has 0 saturated heterocycles. The number of nitro groups is 1. The van der Waals surface area contributed by atoms with Gasteiger partial charge in [-0.25, -0.2) is 4.79 Å². The van der Waals surface area contributed by atoms with Gasteiger partial charge >= 0.3 is 5.97 Å². The van der Waals surface area contributed by atoms with Gasteiger partial charge in [-0.3, -0.25) is 10.1 Å². The number of ether oxygens (including phenoxy) is 1. The van der Waals surface area contributed by atoms with Crippen LogP contribution in [0.25, 0.3) is 0 Å². The molecule has 0 aliphatic carbocycles. The van der Waals surface area contributed by atoms with Gasteiger partial charge in [0.05, 0.1) is 17.1 Å². The maximum absolute atomic E-state index is 11.9. The number of hydrogen-bond donors (Lipinski definition) is 0. The van der Waals surface area contributed by atoms with Crippen molar-refractivity contribution in [2.45, 2.75) is 12.8 Å². The molecule has 0 saturated carbocycles. The number of carbonyl (C=O) groups is 1. The van der Waals surface area contributed by atoms with Crippen LogP contribution in [0, 0.1) is 10.1 Å². The molecule has 0 bridgehead atoms. The van der Waals surface area contributed by atoms with Gasteiger partial charge in [0.2, 0.25) is 0 Å². The van der Waals surface area contributed by atoms with Crippen molar-refractivity contribution < 1.29 is 14.5 Å². The summed E-state index contributed by atoms with van der Waals surface area (Å²) in [6.07, 6.45) is 0. The van der Waals surface area contributed by atoms with E-state index in [0.717, 1.165) is 5.56 Å². The highest BCUT2D eigenvalue weighted by Gasteiger charge is 2.13. The Morgan fingerprint density at radius 2 is 1.76 bits per heavy atom. The van der Waals surface area contributed by atoms with Gasteiger partial charge in [0.1, 0.15) is 0 Å². The Morgan fingerprint density at radius 1 is 1.14 bits per heavy atom. The molecular formula is C16H15NO4. The molecule has 0 heterocycles. The van der Waals surface area contributed by atoms with Gasteiger partial charge < -0.3 is 4.74 Å². The van der Waals surface area contributed by atoms with Crippen LogP contribution in [0.15, 0.2) is 54.6 Å². The monoisotopic (exact) mass is 285 g/mol. The second kappa shape index (κ2) is 6.65. The number of nitrogens with zero attached hydrogens (tertiary/aromatic N) is 1. The Labute approximate surface area is 122 Å². The molecule has 0 fully saturated rings. The molecule has 0 aliphatic heterocycles. The molecule has 5 heteroatoms. The standard InChI is InChI=1S/C16H15NO4/c1-12(13-5-3-2-4-6-13)11-21-16(18)14-7-9-15(10-8-14)17(19)20/h2-10,12H,11H2,1H3/t12-/m0/s1. The maximum Gasteiger partial charge on any atom is 0.338 e. The van der Waals surface area contributed by atoms with Crippen LogP contribution in [0.2, 0.25) is 0 Å². The Balaban J connectivity index is 1.94. The van der Waals surface area contributed by atoms with E-state index >= 15 is 0 Å². The van der Waals surface area contributed by atoms with E-state index < -0.39 is 10.9 Å². The zero-order chi connectivity index (χ0) is 15.2.